The number of aryl methyl sites for hydroxylation is 1. The molecule has 0 radical (unpaired) electrons. The highest BCUT2D eigenvalue weighted by atomic mass is 32.1. The number of aromatic nitrogens is 2. The number of carbonyl (C=O) groups is 3. The summed E-state index contributed by atoms with van der Waals surface area (Å²) in [4.78, 5) is 37.0. The number of benzene rings is 2. The Hall–Kier alpha value is -3.59. The third-order valence-corrected chi connectivity index (χ3v) is 5.30. The van der Waals surface area contributed by atoms with Gasteiger partial charge < -0.3 is 10.6 Å². The Kier molecular flexibility index (Phi) is 7.45. The number of carbonyl (C=O) groups excluding carboxylic acids is 3. The first-order chi connectivity index (χ1) is 15.0. The summed E-state index contributed by atoms with van der Waals surface area (Å²) in [5, 5.41) is 17.4. The lowest BCUT2D eigenvalue weighted by atomic mass is 10.1. The molecule has 9 heteroatoms. The molecule has 31 heavy (non-hydrogen) atoms. The Morgan fingerprint density at radius 2 is 1.61 bits per heavy atom. The van der Waals surface area contributed by atoms with Crippen LogP contribution in [0.5, 0.6) is 0 Å². The molecule has 0 fully saturated rings. The van der Waals surface area contributed by atoms with Crippen LogP contribution in [0.3, 0.4) is 0 Å². The molecule has 0 aliphatic rings. The fraction of sp³-hybridized carbons (Fsp3) is 0.227. The first-order valence-electron chi connectivity index (χ1n) is 9.94. The zero-order valence-electron chi connectivity index (χ0n) is 17.3. The predicted molar refractivity (Wildman–Crippen MR) is 122 cm³/mol. The molecule has 0 spiro atoms. The van der Waals surface area contributed by atoms with Gasteiger partial charge >= 0.3 is 0 Å². The van der Waals surface area contributed by atoms with Crippen LogP contribution in [0.2, 0.25) is 0 Å². The number of anilines is 3. The van der Waals surface area contributed by atoms with Gasteiger partial charge in [-0.2, -0.15) is 0 Å². The molecular weight excluding hydrogens is 414 g/mol. The summed E-state index contributed by atoms with van der Waals surface area (Å²) in [6.07, 6.45) is 1.94. The first-order valence-corrected chi connectivity index (χ1v) is 10.8. The highest BCUT2D eigenvalue weighted by molar-refractivity contribution is 7.15. The van der Waals surface area contributed by atoms with E-state index in [1.807, 2.05) is 13.8 Å². The Labute approximate surface area is 184 Å². The van der Waals surface area contributed by atoms with Crippen molar-refractivity contribution >= 4 is 45.6 Å². The maximum atomic E-state index is 12.7. The van der Waals surface area contributed by atoms with Crippen molar-refractivity contribution in [3.05, 3.63) is 64.7 Å². The molecule has 1 aromatic heterocycles. The zero-order chi connectivity index (χ0) is 22.2. The SMILES string of the molecule is CCCC(=O)Nc1ccc(C(=O)Nc2ccccc2C(=O)Nc2nnc(CC)s2)cc1. The molecule has 3 N–H and O–H groups in total. The predicted octanol–water partition coefficient (Wildman–Crippen LogP) is 4.34. The van der Waals surface area contributed by atoms with E-state index in [4.69, 9.17) is 0 Å². The van der Waals surface area contributed by atoms with E-state index < -0.39 is 0 Å². The monoisotopic (exact) mass is 437 g/mol. The van der Waals surface area contributed by atoms with Crippen molar-refractivity contribution in [3.8, 4) is 0 Å². The zero-order valence-corrected chi connectivity index (χ0v) is 18.1. The lowest BCUT2D eigenvalue weighted by Gasteiger charge is -2.11. The topological polar surface area (TPSA) is 113 Å². The number of rotatable bonds is 8. The van der Waals surface area contributed by atoms with Gasteiger partial charge in [0.05, 0.1) is 11.3 Å². The molecule has 0 bridgehead atoms. The molecule has 0 unspecified atom stereocenters. The maximum absolute atomic E-state index is 12.7. The van der Waals surface area contributed by atoms with Crippen molar-refractivity contribution in [3.63, 3.8) is 0 Å². The minimum Gasteiger partial charge on any atom is -0.326 e. The van der Waals surface area contributed by atoms with Crippen LogP contribution >= 0.6 is 11.3 Å². The summed E-state index contributed by atoms with van der Waals surface area (Å²) in [5.41, 5.74) is 1.72. The van der Waals surface area contributed by atoms with Gasteiger partial charge in [-0.15, -0.1) is 10.2 Å². The highest BCUT2D eigenvalue weighted by Gasteiger charge is 2.16. The van der Waals surface area contributed by atoms with Gasteiger partial charge in [-0.1, -0.05) is 37.3 Å². The van der Waals surface area contributed by atoms with Crippen LogP contribution in [-0.4, -0.2) is 27.9 Å². The molecular formula is C22H23N5O3S. The van der Waals surface area contributed by atoms with Crippen molar-refractivity contribution in [2.24, 2.45) is 0 Å². The van der Waals surface area contributed by atoms with Crippen LogP contribution in [0.25, 0.3) is 0 Å². The third kappa shape index (κ3) is 5.95. The Morgan fingerprint density at radius 1 is 0.871 bits per heavy atom. The quantitative estimate of drug-likeness (QED) is 0.485. The second-order valence-electron chi connectivity index (χ2n) is 6.68. The third-order valence-electron chi connectivity index (χ3n) is 4.32. The number of amides is 3. The van der Waals surface area contributed by atoms with Crippen LogP contribution in [-0.2, 0) is 11.2 Å². The summed E-state index contributed by atoms with van der Waals surface area (Å²) >= 11 is 1.31. The standard InChI is InChI=1S/C22H23N5O3S/c1-3-7-18(28)23-15-12-10-14(11-13-15)20(29)24-17-9-6-5-8-16(17)21(30)25-22-27-26-19(4-2)31-22/h5-6,8-13H,3-4,7H2,1-2H3,(H,23,28)(H,24,29)(H,25,27,30). The number of para-hydroxylation sites is 1. The van der Waals surface area contributed by atoms with Crippen LogP contribution < -0.4 is 16.0 Å². The number of hydrogen-bond donors (Lipinski definition) is 3. The van der Waals surface area contributed by atoms with Gasteiger partial charge in [-0.25, -0.2) is 0 Å². The van der Waals surface area contributed by atoms with E-state index in [2.05, 4.69) is 26.1 Å². The van der Waals surface area contributed by atoms with Gasteiger partial charge in [0, 0.05) is 17.7 Å². The summed E-state index contributed by atoms with van der Waals surface area (Å²) in [7, 11) is 0. The Morgan fingerprint density at radius 3 is 2.29 bits per heavy atom. The molecule has 1 heterocycles. The maximum Gasteiger partial charge on any atom is 0.259 e. The Balaban J connectivity index is 1.69. The number of nitrogens with zero attached hydrogens (tertiary/aromatic N) is 2. The van der Waals surface area contributed by atoms with Crippen molar-refractivity contribution < 1.29 is 14.4 Å². The summed E-state index contributed by atoms with van der Waals surface area (Å²) < 4.78 is 0. The van der Waals surface area contributed by atoms with Gasteiger partial charge in [0.1, 0.15) is 5.01 Å². The van der Waals surface area contributed by atoms with E-state index in [9.17, 15) is 14.4 Å². The van der Waals surface area contributed by atoms with Gasteiger partial charge in [0.25, 0.3) is 11.8 Å². The van der Waals surface area contributed by atoms with Gasteiger partial charge in [0.15, 0.2) is 0 Å². The van der Waals surface area contributed by atoms with E-state index in [1.54, 1.807) is 48.5 Å². The van der Waals surface area contributed by atoms with E-state index >= 15 is 0 Å². The lowest BCUT2D eigenvalue weighted by Crippen LogP contribution is -2.18. The van der Waals surface area contributed by atoms with Crippen molar-refractivity contribution in [1.29, 1.82) is 0 Å². The van der Waals surface area contributed by atoms with E-state index in [-0.39, 0.29) is 17.7 Å². The molecule has 3 rings (SSSR count). The average Bonchev–Trinajstić information content (AvgIpc) is 3.22. The molecule has 0 aliphatic heterocycles. The minimum atomic E-state index is -0.385. The average molecular weight is 438 g/mol. The molecule has 0 atom stereocenters. The van der Waals surface area contributed by atoms with Gasteiger partial charge in [0.2, 0.25) is 11.0 Å². The lowest BCUT2D eigenvalue weighted by molar-refractivity contribution is -0.116. The fourth-order valence-corrected chi connectivity index (χ4v) is 3.43. The van der Waals surface area contributed by atoms with Crippen LogP contribution in [0.4, 0.5) is 16.5 Å². The van der Waals surface area contributed by atoms with Crippen molar-refractivity contribution in [2.75, 3.05) is 16.0 Å². The second kappa shape index (κ2) is 10.4. The van der Waals surface area contributed by atoms with Crippen LogP contribution in [0, 0.1) is 0 Å². The number of hydrogen-bond acceptors (Lipinski definition) is 6. The second-order valence-corrected chi connectivity index (χ2v) is 7.75. The molecule has 160 valence electrons. The van der Waals surface area contributed by atoms with Crippen LogP contribution in [0.1, 0.15) is 52.4 Å². The summed E-state index contributed by atoms with van der Waals surface area (Å²) in [6, 6.07) is 13.3. The Bertz CT molecular complexity index is 1080. The van der Waals surface area contributed by atoms with E-state index in [1.165, 1.54) is 11.3 Å². The molecule has 2 aromatic carbocycles. The largest absolute Gasteiger partial charge is 0.326 e. The smallest absolute Gasteiger partial charge is 0.259 e. The summed E-state index contributed by atoms with van der Waals surface area (Å²) in [6.45, 7) is 3.89. The molecule has 8 nitrogen and oxygen atoms in total. The highest BCUT2D eigenvalue weighted by Crippen LogP contribution is 2.21. The molecule has 3 amide bonds. The van der Waals surface area contributed by atoms with E-state index in [0.717, 1.165) is 17.8 Å². The molecule has 3 aromatic rings. The minimum absolute atomic E-state index is 0.0684. The van der Waals surface area contributed by atoms with Gasteiger partial charge in [-0.3, -0.25) is 19.7 Å². The van der Waals surface area contributed by atoms with Crippen molar-refractivity contribution in [1.82, 2.24) is 10.2 Å². The molecule has 0 saturated heterocycles. The van der Waals surface area contributed by atoms with Crippen LogP contribution in [0.15, 0.2) is 48.5 Å². The summed E-state index contributed by atoms with van der Waals surface area (Å²) in [5.74, 6) is -0.819. The van der Waals surface area contributed by atoms with Gasteiger partial charge in [-0.05, 0) is 49.2 Å². The fourth-order valence-electron chi connectivity index (χ4n) is 2.75. The normalized spacial score (nSPS) is 10.4. The van der Waals surface area contributed by atoms with Crippen molar-refractivity contribution in [2.45, 2.75) is 33.1 Å². The molecule has 0 aliphatic carbocycles. The van der Waals surface area contributed by atoms with E-state index in [0.29, 0.717) is 34.1 Å². The first kappa shape index (κ1) is 22.1. The number of nitrogens with one attached hydrogen (secondary N) is 3. The molecule has 0 saturated carbocycles.